The molecule has 0 saturated carbocycles. The number of hydrogen-bond acceptors (Lipinski definition) is 3. The van der Waals surface area contributed by atoms with E-state index in [9.17, 15) is 9.59 Å². The summed E-state index contributed by atoms with van der Waals surface area (Å²) in [5.74, 6) is -0.599. The van der Waals surface area contributed by atoms with Crippen LogP contribution in [0, 0.1) is 13.8 Å². The van der Waals surface area contributed by atoms with Crippen LogP contribution in [0.1, 0.15) is 21.5 Å². The highest BCUT2D eigenvalue weighted by molar-refractivity contribution is 5.97. The number of aryl methyl sites for hydroxylation is 2. The third-order valence-corrected chi connectivity index (χ3v) is 2.55. The number of carbonyl (C=O) groups is 2. The number of nitrogens with zero attached hydrogens (tertiary/aromatic N) is 1. The van der Waals surface area contributed by atoms with Crippen LogP contribution in [0.2, 0.25) is 0 Å². The molecule has 92 valence electrons. The standard InChI is InChI=1S/C13H17NO3/c1-9-5-6-11(10(2)7-9)13(16)14(3)8-12(15)17-4/h5-7H,8H2,1-4H3. The van der Waals surface area contributed by atoms with Crippen molar-refractivity contribution < 1.29 is 14.3 Å². The molecule has 0 aliphatic rings. The molecular weight excluding hydrogens is 218 g/mol. The van der Waals surface area contributed by atoms with E-state index >= 15 is 0 Å². The summed E-state index contributed by atoms with van der Waals surface area (Å²) in [4.78, 5) is 24.5. The lowest BCUT2D eigenvalue weighted by Crippen LogP contribution is -2.33. The number of carbonyl (C=O) groups excluding carboxylic acids is 2. The quantitative estimate of drug-likeness (QED) is 0.747. The van der Waals surface area contributed by atoms with Crippen LogP contribution in [0.5, 0.6) is 0 Å². The van der Waals surface area contributed by atoms with Crippen molar-refractivity contribution in [3.8, 4) is 0 Å². The average molecular weight is 235 g/mol. The highest BCUT2D eigenvalue weighted by Gasteiger charge is 2.16. The van der Waals surface area contributed by atoms with E-state index in [1.165, 1.54) is 12.0 Å². The molecule has 1 aromatic carbocycles. The molecule has 0 aliphatic heterocycles. The lowest BCUT2D eigenvalue weighted by atomic mass is 10.0. The molecule has 1 rings (SSSR count). The third-order valence-electron chi connectivity index (χ3n) is 2.55. The molecule has 0 fully saturated rings. The number of esters is 1. The first-order valence-electron chi connectivity index (χ1n) is 5.35. The molecule has 0 bridgehead atoms. The van der Waals surface area contributed by atoms with Crippen LogP contribution < -0.4 is 0 Å². The monoisotopic (exact) mass is 235 g/mol. The van der Waals surface area contributed by atoms with Crippen molar-refractivity contribution in [3.05, 3.63) is 34.9 Å². The van der Waals surface area contributed by atoms with Gasteiger partial charge in [0.2, 0.25) is 0 Å². The van der Waals surface area contributed by atoms with Crippen LogP contribution in [0.3, 0.4) is 0 Å². The second-order valence-corrected chi connectivity index (χ2v) is 4.06. The minimum atomic E-state index is -0.425. The molecule has 0 atom stereocenters. The van der Waals surface area contributed by atoms with E-state index in [0.717, 1.165) is 11.1 Å². The van der Waals surface area contributed by atoms with Crippen LogP contribution in [-0.2, 0) is 9.53 Å². The van der Waals surface area contributed by atoms with E-state index in [1.807, 2.05) is 26.0 Å². The Balaban J connectivity index is 2.85. The second kappa shape index (κ2) is 5.48. The molecule has 0 N–H and O–H groups in total. The maximum absolute atomic E-state index is 12.0. The van der Waals surface area contributed by atoms with Gasteiger partial charge in [0.25, 0.3) is 5.91 Å². The van der Waals surface area contributed by atoms with Crippen LogP contribution in [0.4, 0.5) is 0 Å². The van der Waals surface area contributed by atoms with Gasteiger partial charge in [0.15, 0.2) is 0 Å². The molecule has 4 nitrogen and oxygen atoms in total. The SMILES string of the molecule is COC(=O)CN(C)C(=O)c1ccc(C)cc1C. The van der Waals surface area contributed by atoms with Crippen molar-refractivity contribution >= 4 is 11.9 Å². The van der Waals surface area contributed by atoms with Crippen molar-refractivity contribution in [1.29, 1.82) is 0 Å². The Morgan fingerprint density at radius 1 is 1.29 bits per heavy atom. The van der Waals surface area contributed by atoms with E-state index in [0.29, 0.717) is 5.56 Å². The fraction of sp³-hybridized carbons (Fsp3) is 0.385. The first-order chi connectivity index (χ1) is 7.95. The summed E-state index contributed by atoms with van der Waals surface area (Å²) < 4.78 is 4.52. The fourth-order valence-electron chi connectivity index (χ4n) is 1.59. The van der Waals surface area contributed by atoms with Gasteiger partial charge >= 0.3 is 5.97 Å². The Hall–Kier alpha value is -1.84. The molecule has 0 aromatic heterocycles. The van der Waals surface area contributed by atoms with E-state index < -0.39 is 5.97 Å². The van der Waals surface area contributed by atoms with Gasteiger partial charge in [0.1, 0.15) is 6.54 Å². The van der Waals surface area contributed by atoms with Crippen molar-refractivity contribution in [2.24, 2.45) is 0 Å². The first-order valence-corrected chi connectivity index (χ1v) is 5.35. The maximum Gasteiger partial charge on any atom is 0.325 e. The molecule has 4 heteroatoms. The molecular formula is C13H17NO3. The molecule has 0 unspecified atom stereocenters. The number of amides is 1. The largest absolute Gasteiger partial charge is 0.468 e. The van der Waals surface area contributed by atoms with Gasteiger partial charge in [-0.2, -0.15) is 0 Å². The highest BCUT2D eigenvalue weighted by Crippen LogP contribution is 2.12. The van der Waals surface area contributed by atoms with Gasteiger partial charge in [-0.15, -0.1) is 0 Å². The highest BCUT2D eigenvalue weighted by atomic mass is 16.5. The van der Waals surface area contributed by atoms with Gasteiger partial charge in [-0.3, -0.25) is 9.59 Å². The Bertz CT molecular complexity index is 440. The zero-order chi connectivity index (χ0) is 13.0. The summed E-state index contributed by atoms with van der Waals surface area (Å²) in [6.07, 6.45) is 0. The van der Waals surface area contributed by atoms with Crippen LogP contribution in [0.25, 0.3) is 0 Å². The van der Waals surface area contributed by atoms with Gasteiger partial charge in [0.05, 0.1) is 7.11 Å². The smallest absolute Gasteiger partial charge is 0.325 e. The van der Waals surface area contributed by atoms with Crippen molar-refractivity contribution in [3.63, 3.8) is 0 Å². The zero-order valence-electron chi connectivity index (χ0n) is 10.6. The minimum absolute atomic E-state index is 0.0390. The number of likely N-dealkylation sites (N-methyl/N-ethyl adjacent to an activating group) is 1. The van der Waals surface area contributed by atoms with Gasteiger partial charge in [-0.1, -0.05) is 17.7 Å². The summed E-state index contributed by atoms with van der Waals surface area (Å²) in [6.45, 7) is 3.81. The Morgan fingerprint density at radius 3 is 2.47 bits per heavy atom. The molecule has 0 aliphatic carbocycles. The van der Waals surface area contributed by atoms with Crippen LogP contribution in [0.15, 0.2) is 18.2 Å². The fourth-order valence-corrected chi connectivity index (χ4v) is 1.59. The van der Waals surface area contributed by atoms with Gasteiger partial charge in [0, 0.05) is 12.6 Å². The molecule has 1 amide bonds. The van der Waals surface area contributed by atoms with E-state index in [1.54, 1.807) is 13.1 Å². The topological polar surface area (TPSA) is 46.6 Å². The third kappa shape index (κ3) is 3.31. The molecule has 0 heterocycles. The number of rotatable bonds is 3. The van der Waals surface area contributed by atoms with E-state index in [2.05, 4.69) is 4.74 Å². The Labute approximate surface area is 101 Å². The summed E-state index contributed by atoms with van der Waals surface area (Å²) >= 11 is 0. The summed E-state index contributed by atoms with van der Waals surface area (Å²) in [6, 6.07) is 5.60. The lowest BCUT2D eigenvalue weighted by Gasteiger charge is -2.17. The molecule has 0 radical (unpaired) electrons. The summed E-state index contributed by atoms with van der Waals surface area (Å²) in [7, 11) is 2.89. The summed E-state index contributed by atoms with van der Waals surface area (Å²) in [5.41, 5.74) is 2.63. The lowest BCUT2D eigenvalue weighted by molar-refractivity contribution is -0.141. The molecule has 17 heavy (non-hydrogen) atoms. The predicted molar refractivity (Wildman–Crippen MR) is 64.9 cm³/mol. The van der Waals surface area contributed by atoms with E-state index in [-0.39, 0.29) is 12.5 Å². The van der Waals surface area contributed by atoms with Crippen molar-refractivity contribution in [1.82, 2.24) is 4.90 Å². The number of benzene rings is 1. The summed E-state index contributed by atoms with van der Waals surface area (Å²) in [5, 5.41) is 0. The van der Waals surface area contributed by atoms with Gasteiger partial charge < -0.3 is 9.64 Å². The molecule has 0 saturated heterocycles. The van der Waals surface area contributed by atoms with Crippen molar-refractivity contribution in [2.45, 2.75) is 13.8 Å². The maximum atomic E-state index is 12.0. The molecule has 1 aromatic rings. The Kier molecular flexibility index (Phi) is 4.26. The second-order valence-electron chi connectivity index (χ2n) is 4.06. The van der Waals surface area contributed by atoms with Crippen LogP contribution >= 0.6 is 0 Å². The molecule has 0 spiro atoms. The van der Waals surface area contributed by atoms with E-state index in [4.69, 9.17) is 0 Å². The minimum Gasteiger partial charge on any atom is -0.468 e. The van der Waals surface area contributed by atoms with Crippen molar-refractivity contribution in [2.75, 3.05) is 20.7 Å². The van der Waals surface area contributed by atoms with Crippen LogP contribution in [-0.4, -0.2) is 37.5 Å². The first kappa shape index (κ1) is 13.2. The van der Waals surface area contributed by atoms with Gasteiger partial charge in [-0.05, 0) is 25.5 Å². The number of methoxy groups -OCH3 is 1. The number of ether oxygens (including phenoxy) is 1. The van der Waals surface area contributed by atoms with Gasteiger partial charge in [-0.25, -0.2) is 0 Å². The Morgan fingerprint density at radius 2 is 1.94 bits per heavy atom. The predicted octanol–water partition coefficient (Wildman–Crippen LogP) is 1.55. The average Bonchev–Trinajstić information content (AvgIpc) is 2.28. The normalized spacial score (nSPS) is 9.88. The number of hydrogen-bond donors (Lipinski definition) is 0. The zero-order valence-corrected chi connectivity index (χ0v) is 10.6.